The fraction of sp³-hybridized carbons (Fsp3) is 0.915. The fourth-order valence-electron chi connectivity index (χ4n) is 14.3. The number of carbonyl (C=O) groups excluding carboxylic acids is 1. The standard InChI is InChI=1S/C82H153NO18/c1-3-5-7-9-11-13-15-17-19-21-23-25-27-29-31-32-34-36-38-40-42-44-46-48-50-52-54-56-58-60-70(88)83-65(66(87)59-57-55-53-51-49-47-45-43-41-39-37-35-33-30-28-26-24-22-20-18-16-14-12-10-8-6-4-2)64-96-80-76(94)73(91)78(68(62-85)98-80)101-82-77(95)74(92)79(69(63-86)99-82)100-81-75(93)72(90)71(89)67(61-84)97-81/h15,17,21,23,27,29,65-69,71-82,84-87,89-95H,3-14,16,18-20,22,24-26,28,30-64H2,1-2H3,(H,83,88)/b17-15-,23-21-,29-27-. The Hall–Kier alpha value is -1.99. The zero-order chi connectivity index (χ0) is 73.2. The van der Waals surface area contributed by atoms with E-state index in [9.17, 15) is 61.0 Å². The van der Waals surface area contributed by atoms with Crippen molar-refractivity contribution in [2.24, 2.45) is 0 Å². The summed E-state index contributed by atoms with van der Waals surface area (Å²) in [5.41, 5.74) is 0. The van der Waals surface area contributed by atoms with E-state index in [4.69, 9.17) is 28.4 Å². The molecular weight excluding hydrogens is 1290 g/mol. The van der Waals surface area contributed by atoms with E-state index >= 15 is 0 Å². The molecule has 3 aliphatic rings. The summed E-state index contributed by atoms with van der Waals surface area (Å²) in [5, 5.41) is 121. The molecule has 594 valence electrons. The van der Waals surface area contributed by atoms with Gasteiger partial charge in [0.25, 0.3) is 0 Å². The van der Waals surface area contributed by atoms with Crippen LogP contribution in [-0.4, -0.2) is 193 Å². The SMILES string of the molecule is CCCCCCC/C=C\C/C=C\C/C=C\CCCCCCCCCCCCCCCCC(=O)NC(COC1OC(CO)C(OC2OC(CO)C(OC3OC(CO)C(O)C(O)C3O)C(O)C2O)C(O)C1O)C(O)CCCCCCCCCCCCCCCCCCCCCCCCCCCCC. The van der Waals surface area contributed by atoms with E-state index in [1.165, 1.54) is 257 Å². The lowest BCUT2D eigenvalue weighted by molar-refractivity contribution is -0.379. The number of hydrogen-bond acceptors (Lipinski definition) is 18. The van der Waals surface area contributed by atoms with Gasteiger partial charge in [-0.3, -0.25) is 4.79 Å². The normalized spacial score (nSPS) is 26.4. The molecule has 3 fully saturated rings. The summed E-state index contributed by atoms with van der Waals surface area (Å²) in [6, 6.07) is -0.889. The van der Waals surface area contributed by atoms with E-state index < -0.39 is 124 Å². The number of ether oxygens (including phenoxy) is 6. The van der Waals surface area contributed by atoms with E-state index in [0.29, 0.717) is 12.8 Å². The number of carbonyl (C=O) groups is 1. The molecule has 0 bridgehead atoms. The van der Waals surface area contributed by atoms with Crippen LogP contribution in [0.4, 0.5) is 0 Å². The second-order valence-corrected chi connectivity index (χ2v) is 29.9. The number of unbranched alkanes of at least 4 members (excludes halogenated alkanes) is 45. The molecule has 0 radical (unpaired) electrons. The molecular formula is C82H153NO18. The van der Waals surface area contributed by atoms with Gasteiger partial charge in [-0.25, -0.2) is 0 Å². The van der Waals surface area contributed by atoms with Crippen LogP contribution < -0.4 is 5.32 Å². The molecule has 17 atom stereocenters. The molecule has 0 aromatic heterocycles. The number of amides is 1. The molecule has 0 aromatic carbocycles. The summed E-state index contributed by atoms with van der Waals surface area (Å²) in [4.78, 5) is 13.5. The molecule has 0 aromatic rings. The quantitative estimate of drug-likeness (QED) is 0.0199. The van der Waals surface area contributed by atoms with Crippen LogP contribution in [0.5, 0.6) is 0 Å². The Kier molecular flexibility index (Phi) is 58.1. The molecule has 1 amide bonds. The van der Waals surface area contributed by atoms with Crippen LogP contribution in [0.3, 0.4) is 0 Å². The number of rotatable bonds is 67. The summed E-state index contributed by atoms with van der Waals surface area (Å²) >= 11 is 0. The fourth-order valence-corrected chi connectivity index (χ4v) is 14.3. The number of allylic oxidation sites excluding steroid dienone is 6. The van der Waals surface area contributed by atoms with Gasteiger partial charge in [-0.05, 0) is 51.4 Å². The molecule has 17 unspecified atom stereocenters. The van der Waals surface area contributed by atoms with Crippen molar-refractivity contribution in [1.82, 2.24) is 5.32 Å². The van der Waals surface area contributed by atoms with Crippen LogP contribution in [-0.2, 0) is 33.2 Å². The van der Waals surface area contributed by atoms with E-state index in [0.717, 1.165) is 57.8 Å². The van der Waals surface area contributed by atoms with Gasteiger partial charge in [0.2, 0.25) is 5.91 Å². The first-order valence-corrected chi connectivity index (χ1v) is 41.7. The van der Waals surface area contributed by atoms with Gasteiger partial charge in [0.15, 0.2) is 18.9 Å². The largest absolute Gasteiger partial charge is 0.394 e. The van der Waals surface area contributed by atoms with Gasteiger partial charge >= 0.3 is 0 Å². The van der Waals surface area contributed by atoms with Crippen LogP contribution >= 0.6 is 0 Å². The molecule has 3 rings (SSSR count). The molecule has 3 saturated heterocycles. The Balaban J connectivity index is 1.36. The molecule has 3 aliphatic heterocycles. The minimum absolute atomic E-state index is 0.238. The second kappa shape index (κ2) is 63.0. The molecule has 19 nitrogen and oxygen atoms in total. The predicted octanol–water partition coefficient (Wildman–Crippen LogP) is 14.3. The molecule has 12 N–H and O–H groups in total. The number of hydrogen-bond donors (Lipinski definition) is 12. The van der Waals surface area contributed by atoms with Crippen LogP contribution in [0.2, 0.25) is 0 Å². The maximum Gasteiger partial charge on any atom is 0.220 e. The first kappa shape index (κ1) is 93.2. The van der Waals surface area contributed by atoms with Crippen molar-refractivity contribution in [2.45, 2.75) is 452 Å². The second-order valence-electron chi connectivity index (χ2n) is 29.9. The number of aliphatic hydroxyl groups excluding tert-OH is 11. The zero-order valence-electron chi connectivity index (χ0n) is 63.7. The third-order valence-electron chi connectivity index (χ3n) is 21.0. The van der Waals surface area contributed by atoms with Gasteiger partial charge in [-0.15, -0.1) is 0 Å². The average molecular weight is 1440 g/mol. The summed E-state index contributed by atoms with van der Waals surface area (Å²) < 4.78 is 34.6. The van der Waals surface area contributed by atoms with Gasteiger partial charge in [0, 0.05) is 6.42 Å². The summed E-state index contributed by atoms with van der Waals surface area (Å²) in [5.74, 6) is -0.238. The van der Waals surface area contributed by atoms with E-state index in [1.54, 1.807) is 0 Å². The Morgan fingerprint density at radius 2 is 0.653 bits per heavy atom. The molecule has 0 saturated carbocycles. The van der Waals surface area contributed by atoms with Crippen molar-refractivity contribution in [3.05, 3.63) is 36.5 Å². The maximum atomic E-state index is 13.5. The van der Waals surface area contributed by atoms with Gasteiger partial charge in [-0.1, -0.05) is 326 Å². The summed E-state index contributed by atoms with van der Waals surface area (Å²) in [7, 11) is 0. The Morgan fingerprint density at radius 3 is 1.02 bits per heavy atom. The zero-order valence-corrected chi connectivity index (χ0v) is 63.7. The van der Waals surface area contributed by atoms with Crippen molar-refractivity contribution < 1.29 is 89.4 Å². The number of aliphatic hydroxyl groups is 11. The molecule has 0 spiro atoms. The van der Waals surface area contributed by atoms with Gasteiger partial charge in [0.1, 0.15) is 73.2 Å². The van der Waals surface area contributed by atoms with Gasteiger partial charge in [0.05, 0.1) is 38.6 Å². The highest BCUT2D eigenvalue weighted by molar-refractivity contribution is 5.76. The molecule has 0 aliphatic carbocycles. The van der Waals surface area contributed by atoms with Crippen LogP contribution in [0, 0.1) is 0 Å². The predicted molar refractivity (Wildman–Crippen MR) is 402 cm³/mol. The van der Waals surface area contributed by atoms with E-state index in [-0.39, 0.29) is 18.9 Å². The van der Waals surface area contributed by atoms with Crippen LogP contribution in [0.15, 0.2) is 36.5 Å². The Morgan fingerprint density at radius 1 is 0.356 bits per heavy atom. The third kappa shape index (κ3) is 43.0. The lowest BCUT2D eigenvalue weighted by atomic mass is 9.96. The van der Waals surface area contributed by atoms with E-state index in [1.807, 2.05) is 0 Å². The first-order chi connectivity index (χ1) is 49.3. The van der Waals surface area contributed by atoms with Gasteiger partial charge < -0.3 is 89.9 Å². The van der Waals surface area contributed by atoms with Crippen molar-refractivity contribution >= 4 is 5.91 Å². The third-order valence-corrected chi connectivity index (χ3v) is 21.0. The highest BCUT2D eigenvalue weighted by Crippen LogP contribution is 2.33. The Labute approximate surface area is 612 Å². The monoisotopic (exact) mass is 1440 g/mol. The van der Waals surface area contributed by atoms with Crippen molar-refractivity contribution in [2.75, 3.05) is 26.4 Å². The van der Waals surface area contributed by atoms with Crippen molar-refractivity contribution in [1.29, 1.82) is 0 Å². The highest BCUT2D eigenvalue weighted by Gasteiger charge is 2.54. The van der Waals surface area contributed by atoms with Crippen LogP contribution in [0.1, 0.15) is 348 Å². The Bertz CT molecular complexity index is 1960. The molecule has 101 heavy (non-hydrogen) atoms. The lowest BCUT2D eigenvalue weighted by Gasteiger charge is -2.48. The van der Waals surface area contributed by atoms with E-state index in [2.05, 4.69) is 55.6 Å². The highest BCUT2D eigenvalue weighted by atomic mass is 16.8. The summed E-state index contributed by atoms with van der Waals surface area (Å²) in [6.45, 7) is 1.84. The minimum Gasteiger partial charge on any atom is -0.394 e. The van der Waals surface area contributed by atoms with Crippen molar-refractivity contribution in [3.63, 3.8) is 0 Å². The van der Waals surface area contributed by atoms with Gasteiger partial charge in [-0.2, -0.15) is 0 Å². The minimum atomic E-state index is -1.97. The van der Waals surface area contributed by atoms with Crippen molar-refractivity contribution in [3.8, 4) is 0 Å². The number of nitrogens with one attached hydrogen (secondary N) is 1. The topological polar surface area (TPSA) is 307 Å². The summed E-state index contributed by atoms with van der Waals surface area (Å²) in [6.07, 6.45) is 50.9. The maximum absolute atomic E-state index is 13.5. The first-order valence-electron chi connectivity index (χ1n) is 41.7. The smallest absolute Gasteiger partial charge is 0.220 e. The molecule has 19 heteroatoms. The lowest BCUT2D eigenvalue weighted by Crippen LogP contribution is -2.66. The van der Waals surface area contributed by atoms with Crippen LogP contribution in [0.25, 0.3) is 0 Å². The average Bonchev–Trinajstić information content (AvgIpc) is 0.796. The molecule has 3 heterocycles.